The zero-order chi connectivity index (χ0) is 20.1. The molecule has 1 aromatic carbocycles. The van der Waals surface area contributed by atoms with Crippen molar-refractivity contribution in [2.45, 2.75) is 49.3 Å². The number of rotatable bonds is 7. The van der Waals surface area contributed by atoms with Crippen LogP contribution in [-0.4, -0.2) is 31.9 Å². The number of hydrogen-bond donors (Lipinski definition) is 1. The van der Waals surface area contributed by atoms with Crippen LogP contribution < -0.4 is 5.32 Å². The summed E-state index contributed by atoms with van der Waals surface area (Å²) in [6, 6.07) is 10.2. The molecule has 1 aliphatic carbocycles. The Morgan fingerprint density at radius 1 is 1.24 bits per heavy atom. The average molecular weight is 432 g/mol. The van der Waals surface area contributed by atoms with Crippen molar-refractivity contribution in [3.8, 4) is 0 Å². The first-order valence-electron chi connectivity index (χ1n) is 9.69. The summed E-state index contributed by atoms with van der Waals surface area (Å²) in [5.74, 6) is -0.193. The van der Waals surface area contributed by atoms with E-state index in [4.69, 9.17) is 0 Å². The van der Waals surface area contributed by atoms with Crippen molar-refractivity contribution in [3.63, 3.8) is 0 Å². The Balaban J connectivity index is 1.41. The molecule has 1 atom stereocenters. The molecule has 1 fully saturated rings. The van der Waals surface area contributed by atoms with Gasteiger partial charge in [0.2, 0.25) is 11.1 Å². The third-order valence-corrected chi connectivity index (χ3v) is 6.92. The Hall–Kier alpha value is -2.26. The molecule has 1 N–H and O–H groups in total. The maximum Gasteiger partial charge on any atom is 0.231 e. The molecule has 1 saturated carbocycles. The van der Waals surface area contributed by atoms with Gasteiger partial charge in [-0.25, -0.2) is 9.07 Å². The van der Waals surface area contributed by atoms with Crippen molar-refractivity contribution >= 4 is 29.0 Å². The molecule has 0 saturated heterocycles. The highest BCUT2D eigenvalue weighted by Crippen LogP contribution is 2.30. The summed E-state index contributed by atoms with van der Waals surface area (Å²) in [7, 11) is 0. The molecule has 0 aliphatic heterocycles. The molecule has 0 spiro atoms. The van der Waals surface area contributed by atoms with Gasteiger partial charge in [0.05, 0.1) is 17.8 Å². The second-order valence-corrected chi connectivity index (χ2v) is 8.98. The van der Waals surface area contributed by atoms with Crippen LogP contribution in [0.25, 0.3) is 0 Å². The van der Waals surface area contributed by atoms with Crippen LogP contribution in [0.2, 0.25) is 0 Å². The van der Waals surface area contributed by atoms with Gasteiger partial charge < -0.3 is 5.32 Å². The fourth-order valence-corrected chi connectivity index (χ4v) is 5.16. The molecular formula is C20H22FN5OS2. The van der Waals surface area contributed by atoms with E-state index in [9.17, 15) is 9.18 Å². The highest BCUT2D eigenvalue weighted by molar-refractivity contribution is 7.99. The average Bonchev–Trinajstić information content (AvgIpc) is 3.44. The molecule has 3 aromatic rings. The zero-order valence-electron chi connectivity index (χ0n) is 15.8. The lowest BCUT2D eigenvalue weighted by Gasteiger charge is -2.22. The van der Waals surface area contributed by atoms with Crippen molar-refractivity contribution in [2.24, 2.45) is 0 Å². The number of halogens is 1. The first-order valence-corrected chi connectivity index (χ1v) is 11.6. The highest BCUT2D eigenvalue weighted by Gasteiger charge is 2.22. The second-order valence-electron chi connectivity index (χ2n) is 7.05. The van der Waals surface area contributed by atoms with E-state index in [1.165, 1.54) is 43.2 Å². The van der Waals surface area contributed by atoms with Gasteiger partial charge in [0.1, 0.15) is 5.82 Å². The minimum absolute atomic E-state index is 0.115. The van der Waals surface area contributed by atoms with E-state index in [1.54, 1.807) is 23.5 Å². The molecule has 9 heteroatoms. The molecule has 2 heterocycles. The molecule has 2 aromatic heterocycles. The Morgan fingerprint density at radius 3 is 2.76 bits per heavy atom. The Kier molecular flexibility index (Phi) is 6.56. The molecule has 29 heavy (non-hydrogen) atoms. The summed E-state index contributed by atoms with van der Waals surface area (Å²) >= 11 is 2.91. The number of aromatic nitrogens is 4. The molecular weight excluding hydrogens is 409 g/mol. The summed E-state index contributed by atoms with van der Waals surface area (Å²) in [5, 5.41) is 17.8. The van der Waals surface area contributed by atoms with E-state index in [0.29, 0.717) is 11.2 Å². The molecule has 6 nitrogen and oxygen atoms in total. The number of amides is 1. The van der Waals surface area contributed by atoms with Crippen LogP contribution in [0.4, 0.5) is 4.39 Å². The number of carbonyl (C=O) groups excluding carboxylic acids is 1. The summed E-state index contributed by atoms with van der Waals surface area (Å²) < 4.78 is 15.2. The lowest BCUT2D eigenvalue weighted by Crippen LogP contribution is -2.30. The lowest BCUT2D eigenvalue weighted by atomic mass is 9.96. The summed E-state index contributed by atoms with van der Waals surface area (Å²) in [5.41, 5.74) is 0.847. The van der Waals surface area contributed by atoms with Gasteiger partial charge in [-0.05, 0) is 52.4 Å². The molecule has 152 valence electrons. The van der Waals surface area contributed by atoms with E-state index in [-0.39, 0.29) is 23.5 Å². The molecule has 4 rings (SSSR count). The van der Waals surface area contributed by atoms with Gasteiger partial charge in [-0.2, -0.15) is 0 Å². The van der Waals surface area contributed by atoms with E-state index in [2.05, 4.69) is 20.8 Å². The molecule has 1 amide bonds. The number of thiophene rings is 1. The van der Waals surface area contributed by atoms with Gasteiger partial charge in [-0.3, -0.25) is 4.79 Å². The summed E-state index contributed by atoms with van der Waals surface area (Å²) in [6.07, 6.45) is 5.80. The maximum absolute atomic E-state index is 13.3. The highest BCUT2D eigenvalue weighted by atomic mass is 32.2. The molecule has 1 aliphatic rings. The van der Waals surface area contributed by atoms with Crippen LogP contribution in [-0.2, 0) is 4.79 Å². The van der Waals surface area contributed by atoms with Gasteiger partial charge in [0, 0.05) is 4.88 Å². The molecule has 0 radical (unpaired) electrons. The zero-order valence-corrected chi connectivity index (χ0v) is 17.5. The van der Waals surface area contributed by atoms with Gasteiger partial charge in [0.15, 0.2) is 0 Å². The minimum Gasteiger partial charge on any atom is -0.344 e. The third kappa shape index (κ3) is 5.02. The van der Waals surface area contributed by atoms with Crippen LogP contribution in [0.3, 0.4) is 0 Å². The van der Waals surface area contributed by atoms with Crippen LogP contribution in [0.1, 0.15) is 54.6 Å². The number of hydrogen-bond acceptors (Lipinski definition) is 6. The Morgan fingerprint density at radius 2 is 2.03 bits per heavy atom. The number of nitrogens with one attached hydrogen (secondary N) is 1. The molecule has 0 bridgehead atoms. The second kappa shape index (κ2) is 9.49. The number of thioether (sulfide) groups is 1. The topological polar surface area (TPSA) is 72.7 Å². The smallest absolute Gasteiger partial charge is 0.231 e. The van der Waals surface area contributed by atoms with Gasteiger partial charge in [-0.1, -0.05) is 49.2 Å². The van der Waals surface area contributed by atoms with Crippen LogP contribution >= 0.6 is 23.1 Å². The van der Waals surface area contributed by atoms with Crippen LogP contribution in [0.5, 0.6) is 0 Å². The summed E-state index contributed by atoms with van der Waals surface area (Å²) in [4.78, 5) is 13.7. The lowest BCUT2D eigenvalue weighted by molar-refractivity contribution is -0.119. The van der Waals surface area contributed by atoms with Gasteiger partial charge in [-0.15, -0.1) is 16.4 Å². The monoisotopic (exact) mass is 431 g/mol. The number of nitrogens with zero attached hydrogens (tertiary/aromatic N) is 4. The third-order valence-electron chi connectivity index (χ3n) is 5.05. The van der Waals surface area contributed by atoms with E-state index in [1.807, 2.05) is 22.2 Å². The van der Waals surface area contributed by atoms with Crippen molar-refractivity contribution in [2.75, 3.05) is 5.75 Å². The van der Waals surface area contributed by atoms with Crippen molar-refractivity contribution < 1.29 is 9.18 Å². The first kappa shape index (κ1) is 20.0. The van der Waals surface area contributed by atoms with E-state index < -0.39 is 0 Å². The SMILES string of the molecule is O=C(CSc1nnnn1C1CCCCC1)N[C@H](c1ccc(F)cc1)c1cccs1. The number of carbonyl (C=O) groups is 1. The van der Waals surface area contributed by atoms with Gasteiger partial charge in [0.25, 0.3) is 0 Å². The van der Waals surface area contributed by atoms with Crippen LogP contribution in [0, 0.1) is 5.82 Å². The number of tetrazole rings is 1. The fourth-order valence-electron chi connectivity index (χ4n) is 3.60. The fraction of sp³-hybridized carbons (Fsp3) is 0.400. The first-order chi connectivity index (χ1) is 14.2. The van der Waals surface area contributed by atoms with Crippen molar-refractivity contribution in [3.05, 3.63) is 58.0 Å². The largest absolute Gasteiger partial charge is 0.344 e. The predicted molar refractivity (Wildman–Crippen MR) is 111 cm³/mol. The Labute approximate surface area is 176 Å². The predicted octanol–water partition coefficient (Wildman–Crippen LogP) is 4.38. The quantitative estimate of drug-likeness (QED) is 0.562. The normalized spacial score (nSPS) is 15.9. The summed E-state index contributed by atoms with van der Waals surface area (Å²) in [6.45, 7) is 0. The van der Waals surface area contributed by atoms with Crippen molar-refractivity contribution in [1.82, 2.24) is 25.5 Å². The maximum atomic E-state index is 13.3. The minimum atomic E-state index is -0.307. The standard InChI is InChI=1S/C20H22FN5OS2/c21-15-10-8-14(9-11-15)19(17-7-4-12-28-17)22-18(27)13-29-20-23-24-25-26(20)16-5-2-1-3-6-16/h4,7-12,16,19H,1-3,5-6,13H2,(H,22,27)/t19-/m1/s1. The van der Waals surface area contributed by atoms with Crippen LogP contribution in [0.15, 0.2) is 46.9 Å². The van der Waals surface area contributed by atoms with E-state index >= 15 is 0 Å². The number of benzene rings is 1. The Bertz CT molecular complexity index is 923. The molecule has 0 unspecified atom stereocenters. The van der Waals surface area contributed by atoms with Crippen molar-refractivity contribution in [1.29, 1.82) is 0 Å². The van der Waals surface area contributed by atoms with E-state index in [0.717, 1.165) is 23.3 Å². The van der Waals surface area contributed by atoms with Gasteiger partial charge >= 0.3 is 0 Å².